The summed E-state index contributed by atoms with van der Waals surface area (Å²) in [6.07, 6.45) is 0.695. The maximum atomic E-state index is 13.7. The van der Waals surface area contributed by atoms with Gasteiger partial charge in [-0.1, -0.05) is 49.4 Å². The topological polar surface area (TPSA) is 49.6 Å². The zero-order chi connectivity index (χ0) is 22.4. The Morgan fingerprint density at radius 2 is 1.65 bits per heavy atom. The lowest BCUT2D eigenvalue weighted by molar-refractivity contribution is -0.134. The smallest absolute Gasteiger partial charge is 0.230 e. The van der Waals surface area contributed by atoms with E-state index in [4.69, 9.17) is 5.73 Å². The molecule has 0 fully saturated rings. The molecular formula is C26H30FN3O. The molecule has 162 valence electrons. The van der Waals surface area contributed by atoms with Gasteiger partial charge in [0.2, 0.25) is 5.91 Å². The number of nitrogen functional groups attached to an aromatic ring is 1. The summed E-state index contributed by atoms with van der Waals surface area (Å²) in [6.45, 7) is 2.83. The first-order valence-electron chi connectivity index (χ1n) is 10.5. The van der Waals surface area contributed by atoms with Gasteiger partial charge in [0.15, 0.2) is 0 Å². The number of hydrogen-bond acceptors (Lipinski definition) is 3. The predicted octanol–water partition coefficient (Wildman–Crippen LogP) is 5.20. The van der Waals surface area contributed by atoms with Gasteiger partial charge in [0.1, 0.15) is 5.82 Å². The van der Waals surface area contributed by atoms with Gasteiger partial charge >= 0.3 is 0 Å². The SMILES string of the molecule is CC[C@@H](C(=O)N(Cc1ccc(F)cc1)Cc1cc(N)ccc1N(C)C)c1ccccc1. The minimum atomic E-state index is -0.289. The number of amides is 1. The maximum absolute atomic E-state index is 13.7. The second kappa shape index (κ2) is 10.1. The molecule has 0 aliphatic rings. The van der Waals surface area contributed by atoms with Crippen LogP contribution in [-0.4, -0.2) is 24.9 Å². The molecule has 3 aromatic rings. The van der Waals surface area contributed by atoms with Crippen molar-refractivity contribution in [2.24, 2.45) is 0 Å². The first-order chi connectivity index (χ1) is 14.9. The van der Waals surface area contributed by atoms with Crippen LogP contribution < -0.4 is 10.6 Å². The van der Waals surface area contributed by atoms with E-state index in [1.165, 1.54) is 12.1 Å². The van der Waals surface area contributed by atoms with Gasteiger partial charge in [0, 0.05) is 38.6 Å². The highest BCUT2D eigenvalue weighted by atomic mass is 19.1. The number of anilines is 2. The van der Waals surface area contributed by atoms with Crippen LogP contribution in [0.5, 0.6) is 0 Å². The fraction of sp³-hybridized carbons (Fsp3) is 0.269. The van der Waals surface area contributed by atoms with Gasteiger partial charge in [0.05, 0.1) is 5.92 Å². The number of halogens is 1. The fourth-order valence-electron chi connectivity index (χ4n) is 3.85. The van der Waals surface area contributed by atoms with Gasteiger partial charge in [-0.05, 0) is 53.4 Å². The van der Waals surface area contributed by atoms with Gasteiger partial charge in [-0.3, -0.25) is 4.79 Å². The highest BCUT2D eigenvalue weighted by molar-refractivity contribution is 5.84. The summed E-state index contributed by atoms with van der Waals surface area (Å²) >= 11 is 0. The third-order valence-corrected chi connectivity index (χ3v) is 5.45. The van der Waals surface area contributed by atoms with Gasteiger partial charge < -0.3 is 15.5 Å². The van der Waals surface area contributed by atoms with E-state index in [2.05, 4.69) is 0 Å². The zero-order valence-corrected chi connectivity index (χ0v) is 18.4. The van der Waals surface area contributed by atoms with Crippen molar-refractivity contribution in [3.63, 3.8) is 0 Å². The van der Waals surface area contributed by atoms with E-state index in [1.807, 2.05) is 79.3 Å². The molecular weight excluding hydrogens is 389 g/mol. The van der Waals surface area contributed by atoms with Crippen LogP contribution in [0.3, 0.4) is 0 Å². The van der Waals surface area contributed by atoms with Crippen LogP contribution in [0.4, 0.5) is 15.8 Å². The molecule has 0 saturated carbocycles. The van der Waals surface area contributed by atoms with Crippen molar-refractivity contribution in [1.82, 2.24) is 4.90 Å². The number of nitrogens with two attached hydrogens (primary N) is 1. The molecule has 0 heterocycles. The van der Waals surface area contributed by atoms with Crippen molar-refractivity contribution in [2.75, 3.05) is 24.7 Å². The molecule has 31 heavy (non-hydrogen) atoms. The van der Waals surface area contributed by atoms with E-state index in [0.29, 0.717) is 25.2 Å². The Morgan fingerprint density at radius 1 is 0.968 bits per heavy atom. The van der Waals surface area contributed by atoms with Gasteiger partial charge in [-0.25, -0.2) is 4.39 Å². The largest absolute Gasteiger partial charge is 0.399 e. The summed E-state index contributed by atoms with van der Waals surface area (Å²) in [4.78, 5) is 17.6. The van der Waals surface area contributed by atoms with Gasteiger partial charge in [-0.2, -0.15) is 0 Å². The van der Waals surface area contributed by atoms with E-state index in [9.17, 15) is 9.18 Å². The Balaban J connectivity index is 1.97. The molecule has 0 aromatic heterocycles. The average Bonchev–Trinajstić information content (AvgIpc) is 2.76. The first-order valence-corrected chi connectivity index (χ1v) is 10.5. The van der Waals surface area contributed by atoms with Crippen molar-refractivity contribution in [3.8, 4) is 0 Å². The summed E-state index contributed by atoms with van der Waals surface area (Å²) in [5, 5.41) is 0. The molecule has 1 atom stereocenters. The molecule has 5 heteroatoms. The van der Waals surface area contributed by atoms with E-state index in [0.717, 1.165) is 22.4 Å². The Kier molecular flexibility index (Phi) is 7.29. The highest BCUT2D eigenvalue weighted by Crippen LogP contribution is 2.28. The molecule has 4 nitrogen and oxygen atoms in total. The van der Waals surface area contributed by atoms with Gasteiger partial charge in [0.25, 0.3) is 0 Å². The summed E-state index contributed by atoms with van der Waals surface area (Å²) < 4.78 is 13.4. The lowest BCUT2D eigenvalue weighted by Gasteiger charge is -2.29. The number of carbonyl (C=O) groups excluding carboxylic acids is 1. The molecule has 0 saturated heterocycles. The van der Waals surface area contributed by atoms with Crippen LogP contribution >= 0.6 is 0 Å². The number of nitrogens with zero attached hydrogens (tertiary/aromatic N) is 2. The fourth-order valence-corrected chi connectivity index (χ4v) is 3.85. The average molecular weight is 420 g/mol. The Bertz CT molecular complexity index is 1000. The Hall–Kier alpha value is -3.34. The molecule has 0 spiro atoms. The van der Waals surface area contributed by atoms with Crippen molar-refractivity contribution in [3.05, 3.63) is 95.3 Å². The number of hydrogen-bond donors (Lipinski definition) is 1. The lowest BCUT2D eigenvalue weighted by atomic mass is 9.94. The Morgan fingerprint density at radius 3 is 2.26 bits per heavy atom. The summed E-state index contributed by atoms with van der Waals surface area (Å²) in [7, 11) is 3.94. The second-order valence-electron chi connectivity index (χ2n) is 7.97. The van der Waals surface area contributed by atoms with Crippen molar-refractivity contribution in [1.29, 1.82) is 0 Å². The summed E-state index contributed by atoms with van der Waals surface area (Å²) in [5.74, 6) is -0.487. The molecule has 0 unspecified atom stereocenters. The lowest BCUT2D eigenvalue weighted by Crippen LogP contribution is -2.34. The minimum Gasteiger partial charge on any atom is -0.399 e. The Labute approximate surface area is 184 Å². The summed E-state index contributed by atoms with van der Waals surface area (Å²) in [5.41, 5.74) is 10.6. The van der Waals surface area contributed by atoms with Crippen molar-refractivity contribution in [2.45, 2.75) is 32.4 Å². The predicted molar refractivity (Wildman–Crippen MR) is 125 cm³/mol. The quantitative estimate of drug-likeness (QED) is 0.511. The molecule has 0 bridgehead atoms. The van der Waals surface area contributed by atoms with Crippen LogP contribution in [0.15, 0.2) is 72.8 Å². The number of rotatable bonds is 8. The number of benzene rings is 3. The monoisotopic (exact) mass is 419 g/mol. The van der Waals surface area contributed by atoms with Crippen LogP contribution in [-0.2, 0) is 17.9 Å². The molecule has 2 N–H and O–H groups in total. The molecule has 1 amide bonds. The first kappa shape index (κ1) is 22.3. The second-order valence-corrected chi connectivity index (χ2v) is 7.97. The molecule has 0 radical (unpaired) electrons. The summed E-state index contributed by atoms with van der Waals surface area (Å²) in [6, 6.07) is 21.9. The third kappa shape index (κ3) is 5.63. The molecule has 0 aliphatic heterocycles. The van der Waals surface area contributed by atoms with Gasteiger partial charge in [-0.15, -0.1) is 0 Å². The van der Waals surface area contributed by atoms with Crippen molar-refractivity contribution < 1.29 is 9.18 Å². The zero-order valence-electron chi connectivity index (χ0n) is 18.4. The highest BCUT2D eigenvalue weighted by Gasteiger charge is 2.25. The van der Waals surface area contributed by atoms with E-state index in [-0.39, 0.29) is 17.6 Å². The van der Waals surface area contributed by atoms with Crippen LogP contribution in [0, 0.1) is 5.82 Å². The van der Waals surface area contributed by atoms with E-state index in [1.54, 1.807) is 12.1 Å². The van der Waals surface area contributed by atoms with Crippen molar-refractivity contribution >= 4 is 17.3 Å². The minimum absolute atomic E-state index is 0.0464. The number of carbonyl (C=O) groups is 1. The normalized spacial score (nSPS) is 11.7. The van der Waals surface area contributed by atoms with E-state index >= 15 is 0 Å². The third-order valence-electron chi connectivity index (χ3n) is 5.45. The van der Waals surface area contributed by atoms with Crippen LogP contribution in [0.2, 0.25) is 0 Å². The molecule has 3 aromatic carbocycles. The van der Waals surface area contributed by atoms with Crippen LogP contribution in [0.1, 0.15) is 36.0 Å². The maximum Gasteiger partial charge on any atom is 0.230 e. The standard InChI is InChI=1S/C26H30FN3O/c1-4-24(20-8-6-5-7-9-20)26(31)30(17-19-10-12-22(27)13-11-19)18-21-16-23(28)14-15-25(21)29(2)3/h5-16,24H,4,17-18,28H2,1-3H3/t24-/m1/s1. The van der Waals surface area contributed by atoms with E-state index < -0.39 is 0 Å². The van der Waals surface area contributed by atoms with Crippen LogP contribution in [0.25, 0.3) is 0 Å². The molecule has 0 aliphatic carbocycles. The molecule has 3 rings (SSSR count).